The van der Waals surface area contributed by atoms with E-state index in [9.17, 15) is 9.59 Å². The number of methoxy groups -OCH3 is 1. The second-order valence-electron chi connectivity index (χ2n) is 10.3. The van der Waals surface area contributed by atoms with Crippen LogP contribution in [-0.2, 0) is 25.6 Å². The Morgan fingerprint density at radius 2 is 1.91 bits per heavy atom. The number of pyridine rings is 1. The second-order valence-corrected chi connectivity index (χ2v) is 10.3. The van der Waals surface area contributed by atoms with Crippen LogP contribution >= 0.6 is 0 Å². The highest BCUT2D eigenvalue weighted by molar-refractivity contribution is 5.98. The standard InChI is InChI=1S/C28H39N3O4/c1-21-26(32)9-8-25(34-3)5-4-14-30(2)28(20-35-27(21)33)11-15-31(16-12-28)19-22-6-7-24-18-29-13-10-23(24)17-22/h6-7,10,13,17-18,21,25H,4-5,8-9,11-12,14-16,19-20H2,1-3H3. The minimum Gasteiger partial charge on any atom is -0.463 e. The Labute approximate surface area is 208 Å². The zero-order chi connectivity index (χ0) is 24.8. The molecule has 4 rings (SSSR count). The largest absolute Gasteiger partial charge is 0.463 e. The molecule has 2 fully saturated rings. The molecule has 35 heavy (non-hydrogen) atoms. The van der Waals surface area contributed by atoms with Gasteiger partial charge in [-0.3, -0.25) is 24.4 Å². The lowest BCUT2D eigenvalue weighted by molar-refractivity contribution is -0.156. The number of cyclic esters (lactones) is 1. The van der Waals surface area contributed by atoms with Crippen molar-refractivity contribution in [1.82, 2.24) is 14.8 Å². The van der Waals surface area contributed by atoms with E-state index in [0.717, 1.165) is 57.2 Å². The van der Waals surface area contributed by atoms with Gasteiger partial charge in [0.1, 0.15) is 18.3 Å². The molecule has 190 valence electrons. The molecular weight excluding hydrogens is 442 g/mol. The van der Waals surface area contributed by atoms with E-state index in [4.69, 9.17) is 9.47 Å². The van der Waals surface area contributed by atoms with E-state index >= 15 is 0 Å². The number of piperidine rings is 1. The Hall–Kier alpha value is -2.35. The number of aromatic nitrogens is 1. The first-order chi connectivity index (χ1) is 16.9. The number of nitrogens with zero attached hydrogens (tertiary/aromatic N) is 3. The van der Waals surface area contributed by atoms with Crippen LogP contribution in [0.5, 0.6) is 0 Å². The molecule has 7 nitrogen and oxygen atoms in total. The molecule has 0 amide bonds. The van der Waals surface area contributed by atoms with Crippen LogP contribution in [0.2, 0.25) is 0 Å². The molecule has 2 atom stereocenters. The summed E-state index contributed by atoms with van der Waals surface area (Å²) in [5.74, 6) is -1.18. The van der Waals surface area contributed by atoms with E-state index in [1.54, 1.807) is 14.0 Å². The number of esters is 1. The summed E-state index contributed by atoms with van der Waals surface area (Å²) in [6.07, 6.45) is 8.54. The van der Waals surface area contributed by atoms with Gasteiger partial charge in [-0.15, -0.1) is 0 Å². The Morgan fingerprint density at radius 1 is 1.11 bits per heavy atom. The fourth-order valence-corrected chi connectivity index (χ4v) is 5.41. The molecule has 0 saturated carbocycles. The van der Waals surface area contributed by atoms with Crippen LogP contribution in [0, 0.1) is 5.92 Å². The van der Waals surface area contributed by atoms with Crippen molar-refractivity contribution < 1.29 is 19.1 Å². The van der Waals surface area contributed by atoms with Gasteiger partial charge in [-0.25, -0.2) is 0 Å². The van der Waals surface area contributed by atoms with Gasteiger partial charge >= 0.3 is 5.97 Å². The molecule has 2 aromatic rings. The number of fused-ring (bicyclic) bond motifs is 1. The van der Waals surface area contributed by atoms with Crippen molar-refractivity contribution in [2.75, 3.05) is 40.4 Å². The molecule has 1 aromatic heterocycles. The quantitative estimate of drug-likeness (QED) is 0.487. The number of hydrogen-bond acceptors (Lipinski definition) is 7. The van der Waals surface area contributed by atoms with Crippen molar-refractivity contribution in [1.29, 1.82) is 0 Å². The molecule has 2 aliphatic rings. The van der Waals surface area contributed by atoms with Gasteiger partial charge < -0.3 is 9.47 Å². The smallest absolute Gasteiger partial charge is 0.316 e. The molecule has 2 saturated heterocycles. The number of Topliss-reactive ketones (excluding diaryl/α,β-unsaturated/α-hetero) is 1. The third-order valence-electron chi connectivity index (χ3n) is 8.09. The number of carbonyl (C=O) groups excluding carboxylic acids is 2. The number of ether oxygens (including phenoxy) is 2. The lowest BCUT2D eigenvalue weighted by Crippen LogP contribution is -2.57. The molecular formula is C28H39N3O4. The van der Waals surface area contributed by atoms with Crippen LogP contribution in [0.1, 0.15) is 51.0 Å². The number of rotatable bonds is 3. The minimum absolute atomic E-state index is 0.0480. The van der Waals surface area contributed by atoms with Crippen LogP contribution in [0.4, 0.5) is 0 Å². The van der Waals surface area contributed by atoms with E-state index in [1.807, 2.05) is 12.4 Å². The summed E-state index contributed by atoms with van der Waals surface area (Å²) in [4.78, 5) is 34.3. The first-order valence-electron chi connectivity index (χ1n) is 12.9. The summed E-state index contributed by atoms with van der Waals surface area (Å²) in [7, 11) is 3.86. The van der Waals surface area contributed by atoms with Gasteiger partial charge in [0.05, 0.1) is 11.6 Å². The molecule has 1 aromatic carbocycles. The highest BCUT2D eigenvalue weighted by atomic mass is 16.5. The van der Waals surface area contributed by atoms with Gasteiger partial charge in [0.2, 0.25) is 0 Å². The first kappa shape index (κ1) is 25.7. The second kappa shape index (κ2) is 11.6. The number of ketones is 1. The lowest BCUT2D eigenvalue weighted by atomic mass is 9.86. The van der Waals surface area contributed by atoms with Crippen molar-refractivity contribution in [3.8, 4) is 0 Å². The van der Waals surface area contributed by atoms with Crippen LogP contribution in [0.25, 0.3) is 10.8 Å². The third kappa shape index (κ3) is 6.26. The maximum absolute atomic E-state index is 12.7. The Kier molecular flexibility index (Phi) is 8.52. The number of likely N-dealkylation sites (N-methyl/N-ethyl adjacent to an activating group) is 1. The maximum Gasteiger partial charge on any atom is 0.316 e. The van der Waals surface area contributed by atoms with Gasteiger partial charge in [0, 0.05) is 50.9 Å². The van der Waals surface area contributed by atoms with Crippen LogP contribution in [0.3, 0.4) is 0 Å². The predicted octanol–water partition coefficient (Wildman–Crippen LogP) is 3.84. The number of benzene rings is 1. The van der Waals surface area contributed by atoms with E-state index < -0.39 is 11.9 Å². The highest BCUT2D eigenvalue weighted by Gasteiger charge is 2.40. The molecule has 3 heterocycles. The van der Waals surface area contributed by atoms with Crippen LogP contribution in [0.15, 0.2) is 36.7 Å². The molecule has 0 bridgehead atoms. The van der Waals surface area contributed by atoms with Crippen molar-refractivity contribution in [2.24, 2.45) is 5.92 Å². The van der Waals surface area contributed by atoms with Gasteiger partial charge in [-0.1, -0.05) is 12.1 Å². The van der Waals surface area contributed by atoms with E-state index in [0.29, 0.717) is 19.4 Å². The van der Waals surface area contributed by atoms with Crippen molar-refractivity contribution in [3.05, 3.63) is 42.2 Å². The number of carbonyl (C=O) groups is 2. The minimum atomic E-state index is -0.723. The predicted molar refractivity (Wildman–Crippen MR) is 136 cm³/mol. The monoisotopic (exact) mass is 481 g/mol. The lowest BCUT2D eigenvalue weighted by Gasteiger charge is -2.47. The van der Waals surface area contributed by atoms with Crippen molar-refractivity contribution >= 4 is 22.5 Å². The normalized spacial score (nSPS) is 25.6. The van der Waals surface area contributed by atoms with E-state index in [2.05, 4.69) is 46.1 Å². The van der Waals surface area contributed by atoms with E-state index in [1.165, 1.54) is 10.9 Å². The molecule has 1 spiro atoms. The van der Waals surface area contributed by atoms with Crippen LogP contribution < -0.4 is 0 Å². The molecule has 7 heteroatoms. The average molecular weight is 482 g/mol. The number of likely N-dealkylation sites (tertiary alicyclic amines) is 1. The van der Waals surface area contributed by atoms with Gasteiger partial charge in [0.15, 0.2) is 0 Å². The van der Waals surface area contributed by atoms with E-state index in [-0.39, 0.29) is 17.4 Å². The zero-order valence-corrected chi connectivity index (χ0v) is 21.4. The average Bonchev–Trinajstić information content (AvgIpc) is 2.89. The Bertz CT molecular complexity index is 1020. The Balaban J connectivity index is 1.43. The third-order valence-corrected chi connectivity index (χ3v) is 8.09. The summed E-state index contributed by atoms with van der Waals surface area (Å²) >= 11 is 0. The topological polar surface area (TPSA) is 72.0 Å². The maximum atomic E-state index is 12.7. The molecule has 2 aliphatic heterocycles. The summed E-state index contributed by atoms with van der Waals surface area (Å²) in [5.41, 5.74) is 1.09. The summed E-state index contributed by atoms with van der Waals surface area (Å²) in [6, 6.07) is 8.63. The number of hydrogen-bond donors (Lipinski definition) is 0. The van der Waals surface area contributed by atoms with Crippen molar-refractivity contribution in [3.63, 3.8) is 0 Å². The summed E-state index contributed by atoms with van der Waals surface area (Å²) in [5, 5.41) is 2.37. The van der Waals surface area contributed by atoms with Gasteiger partial charge in [-0.05, 0) is 75.7 Å². The zero-order valence-electron chi connectivity index (χ0n) is 21.4. The molecule has 2 unspecified atom stereocenters. The molecule has 0 N–H and O–H groups in total. The summed E-state index contributed by atoms with van der Waals surface area (Å²) < 4.78 is 11.4. The highest BCUT2D eigenvalue weighted by Crippen LogP contribution is 2.31. The fraction of sp³-hybridized carbons (Fsp3) is 0.607. The first-order valence-corrected chi connectivity index (χ1v) is 12.9. The van der Waals surface area contributed by atoms with Gasteiger partial charge in [-0.2, -0.15) is 0 Å². The van der Waals surface area contributed by atoms with Gasteiger partial charge in [0.25, 0.3) is 0 Å². The summed E-state index contributed by atoms with van der Waals surface area (Å²) in [6.45, 7) is 5.70. The SMILES string of the molecule is COC1CCCN(C)C2(CCN(Cc3ccc4cnccc4c3)CC2)COC(=O)C(C)C(=O)CC1. The Morgan fingerprint density at radius 3 is 2.69 bits per heavy atom. The van der Waals surface area contributed by atoms with Crippen LogP contribution in [-0.4, -0.2) is 78.6 Å². The van der Waals surface area contributed by atoms with Crippen molar-refractivity contribution in [2.45, 2.75) is 63.6 Å². The molecule has 0 radical (unpaired) electrons. The molecule has 0 aliphatic carbocycles. The fourth-order valence-electron chi connectivity index (χ4n) is 5.41.